The van der Waals surface area contributed by atoms with Crippen LogP contribution in [0.25, 0.3) is 0 Å². The largest absolute Gasteiger partial charge is 0.481 e. The molecule has 14 heteroatoms. The first-order valence-electron chi connectivity index (χ1n) is 16.3. The van der Waals surface area contributed by atoms with Gasteiger partial charge in [0, 0.05) is 37.5 Å². The molecular weight excluding hydrogens is 657 g/mol. The average molecular weight is 710 g/mol. The number of aliphatic hydroxyl groups is 1. The van der Waals surface area contributed by atoms with Gasteiger partial charge in [-0.2, -0.15) is 0 Å². The quantitative estimate of drug-likeness (QED) is 0.0211. The number of hydrogen-bond donors (Lipinski definition) is 5. The highest BCUT2D eigenvalue weighted by Gasteiger charge is 2.45. The molecule has 1 aliphatic heterocycles. The lowest BCUT2D eigenvalue weighted by Crippen LogP contribution is -2.41. The van der Waals surface area contributed by atoms with Crippen LogP contribution >= 0.6 is 43.2 Å². The van der Waals surface area contributed by atoms with Crippen molar-refractivity contribution >= 4 is 72.7 Å². The van der Waals surface area contributed by atoms with Crippen molar-refractivity contribution in [1.82, 2.24) is 10.6 Å². The lowest BCUT2D eigenvalue weighted by atomic mass is 9.95. The van der Waals surface area contributed by atoms with E-state index in [0.717, 1.165) is 57.8 Å². The standard InChI is InChI=1S/C31H53N2O8S4/c1-24(34)25(21-23-42-43-31(41)44-45-31)16-14-15-22-32-27(35)20-19-26(30(39)40)33-28(36)17-12-10-8-6-4-2-3-5-7-9-11-13-18-29(37)38/h23,25-26,41H,2-22H2,1H3,(H,32,35)(H,33,36)(H,37,38)(H,39,40)/t25-,26+/m1/s1. The van der Waals surface area contributed by atoms with Crippen LogP contribution in [0.15, 0.2) is 0 Å². The van der Waals surface area contributed by atoms with Gasteiger partial charge < -0.3 is 26.0 Å². The molecule has 0 spiro atoms. The van der Waals surface area contributed by atoms with Gasteiger partial charge in [-0.15, -0.1) is 0 Å². The van der Waals surface area contributed by atoms with Crippen LogP contribution in [0.2, 0.25) is 0 Å². The van der Waals surface area contributed by atoms with Gasteiger partial charge in [-0.25, -0.2) is 4.79 Å². The Morgan fingerprint density at radius 3 is 1.80 bits per heavy atom. The van der Waals surface area contributed by atoms with Gasteiger partial charge in [0.25, 0.3) is 0 Å². The van der Waals surface area contributed by atoms with Gasteiger partial charge in [0.05, 0.1) is 0 Å². The molecule has 0 bridgehead atoms. The number of ketones is 1. The van der Waals surface area contributed by atoms with Crippen molar-refractivity contribution < 1.29 is 39.3 Å². The minimum Gasteiger partial charge on any atom is -0.481 e. The maximum absolute atomic E-state index is 12.3. The van der Waals surface area contributed by atoms with Gasteiger partial charge in [-0.1, -0.05) is 81.4 Å². The number of nitrogens with one attached hydrogen (secondary N) is 2. The zero-order valence-electron chi connectivity index (χ0n) is 26.6. The van der Waals surface area contributed by atoms with Crippen molar-refractivity contribution in [2.75, 3.05) is 6.54 Å². The smallest absolute Gasteiger partial charge is 0.326 e. The minimum absolute atomic E-state index is 0.00477. The van der Waals surface area contributed by atoms with Crippen LogP contribution in [0.5, 0.6) is 0 Å². The van der Waals surface area contributed by atoms with Crippen LogP contribution in [-0.2, 0) is 24.0 Å². The average Bonchev–Trinajstić information content (AvgIpc) is 3.72. The number of carboxylic acid groups (broad SMARTS) is 2. The maximum atomic E-state index is 12.3. The lowest BCUT2D eigenvalue weighted by molar-refractivity contribution is -0.142. The maximum Gasteiger partial charge on any atom is 0.326 e. The Labute approximate surface area is 284 Å². The van der Waals surface area contributed by atoms with E-state index in [-0.39, 0.29) is 49.2 Å². The van der Waals surface area contributed by atoms with E-state index in [1.54, 1.807) is 6.92 Å². The Morgan fingerprint density at radius 2 is 1.29 bits per heavy atom. The van der Waals surface area contributed by atoms with Gasteiger partial charge in [-0.05, 0) is 77.8 Å². The topological polar surface area (TPSA) is 170 Å². The number of Topliss-reactive ketones (excluding diaryl/α,β-unsaturated/α-hetero) is 1. The van der Waals surface area contributed by atoms with E-state index in [4.69, 9.17) is 5.11 Å². The summed E-state index contributed by atoms with van der Waals surface area (Å²) < 4.78 is -0.752. The van der Waals surface area contributed by atoms with Crippen LogP contribution in [0, 0.1) is 11.7 Å². The molecule has 0 aromatic heterocycles. The molecule has 0 aliphatic carbocycles. The first kappa shape index (κ1) is 41.9. The molecule has 10 nitrogen and oxygen atoms in total. The first-order chi connectivity index (χ1) is 21.5. The second-order valence-electron chi connectivity index (χ2n) is 11.6. The van der Waals surface area contributed by atoms with E-state index in [1.807, 2.05) is 5.75 Å². The molecule has 2 amide bonds. The predicted octanol–water partition coefficient (Wildman–Crippen LogP) is 7.31. The number of unbranched alkanes of at least 4 members (excludes halogenated alkanes) is 12. The molecule has 0 saturated carbocycles. The van der Waals surface area contributed by atoms with Crippen molar-refractivity contribution in [2.24, 2.45) is 5.92 Å². The molecule has 1 saturated heterocycles. The van der Waals surface area contributed by atoms with E-state index in [0.29, 0.717) is 32.2 Å². The lowest BCUT2D eigenvalue weighted by Gasteiger charge is -2.15. The highest BCUT2D eigenvalue weighted by atomic mass is 33.2. The Bertz CT molecular complexity index is 892. The molecule has 5 N–H and O–H groups in total. The number of carboxylic acids is 2. The van der Waals surface area contributed by atoms with E-state index in [9.17, 15) is 34.2 Å². The summed E-state index contributed by atoms with van der Waals surface area (Å²) in [6, 6.07) is -1.10. The monoisotopic (exact) mass is 709 g/mol. The third-order valence-corrected chi connectivity index (χ3v) is 13.8. The van der Waals surface area contributed by atoms with Crippen LogP contribution < -0.4 is 10.6 Å². The molecule has 259 valence electrons. The molecule has 1 fully saturated rings. The molecular formula is C31H53N2O8S4. The number of aliphatic carboxylic acids is 2. The van der Waals surface area contributed by atoms with Crippen molar-refractivity contribution in [3.05, 3.63) is 5.75 Å². The highest BCUT2D eigenvalue weighted by Crippen LogP contribution is 2.71. The molecule has 0 aromatic rings. The Hall–Kier alpha value is -1.09. The zero-order valence-corrected chi connectivity index (χ0v) is 29.9. The van der Waals surface area contributed by atoms with Crippen molar-refractivity contribution in [3.8, 4) is 0 Å². The minimum atomic E-state index is -1.15. The van der Waals surface area contributed by atoms with Gasteiger partial charge in [-0.3, -0.25) is 19.2 Å². The molecule has 1 aliphatic rings. The van der Waals surface area contributed by atoms with Crippen LogP contribution in [0.1, 0.15) is 135 Å². The number of carbonyl (C=O) groups excluding carboxylic acids is 3. The van der Waals surface area contributed by atoms with E-state index in [2.05, 4.69) is 10.6 Å². The summed E-state index contributed by atoms with van der Waals surface area (Å²) in [6.07, 6.45) is 15.9. The van der Waals surface area contributed by atoms with Crippen molar-refractivity contribution in [1.29, 1.82) is 0 Å². The molecule has 1 radical (unpaired) electrons. The summed E-state index contributed by atoms with van der Waals surface area (Å²) in [5, 5.41) is 33.2. The fraction of sp³-hybridized carbons (Fsp3) is 0.806. The van der Waals surface area contributed by atoms with Crippen LogP contribution in [0.3, 0.4) is 0 Å². The summed E-state index contributed by atoms with van der Waals surface area (Å²) in [5.74, 6) is -0.437. The third kappa shape index (κ3) is 24.7. The summed E-state index contributed by atoms with van der Waals surface area (Å²) in [7, 11) is 5.65. The third-order valence-electron chi connectivity index (χ3n) is 7.54. The number of rotatable bonds is 31. The number of hydrogen-bond acceptors (Lipinski definition) is 10. The highest BCUT2D eigenvalue weighted by molar-refractivity contribution is 9.03. The second kappa shape index (κ2) is 25.9. The van der Waals surface area contributed by atoms with Crippen LogP contribution in [-0.4, -0.2) is 61.0 Å². The summed E-state index contributed by atoms with van der Waals surface area (Å²) in [5.41, 5.74) is 0. The molecule has 2 atom stereocenters. The Balaban J connectivity index is 2.03. The SMILES string of the molecule is CC(=O)[C@@H](C[CH]SSC1(O)SS1)CCCCNC(=O)CC[C@H](NC(=O)CCCCCCCCCCCCCCC(=O)O)C(=O)O. The Morgan fingerprint density at radius 1 is 0.733 bits per heavy atom. The first-order valence-corrected chi connectivity index (χ1v) is 20.6. The zero-order chi connectivity index (χ0) is 33.3. The molecule has 0 aromatic carbocycles. The number of amides is 2. The van der Waals surface area contributed by atoms with Gasteiger partial charge in [0.15, 0.2) is 0 Å². The molecule has 45 heavy (non-hydrogen) atoms. The fourth-order valence-corrected chi connectivity index (χ4v) is 9.59. The molecule has 1 heterocycles. The van der Waals surface area contributed by atoms with E-state index < -0.39 is 21.6 Å². The number of carbonyl (C=O) groups is 5. The molecule has 1 rings (SSSR count). The normalized spacial score (nSPS) is 14.8. The second-order valence-corrected chi connectivity index (χ2v) is 17.2. The van der Waals surface area contributed by atoms with Gasteiger partial charge >= 0.3 is 11.9 Å². The van der Waals surface area contributed by atoms with E-state index in [1.165, 1.54) is 62.4 Å². The van der Waals surface area contributed by atoms with Gasteiger partial charge in [0.2, 0.25) is 15.4 Å². The summed E-state index contributed by atoms with van der Waals surface area (Å²) >= 11 is 0. The predicted molar refractivity (Wildman–Crippen MR) is 186 cm³/mol. The Kier molecular flexibility index (Phi) is 24.2. The van der Waals surface area contributed by atoms with E-state index >= 15 is 0 Å². The van der Waals surface area contributed by atoms with Crippen molar-refractivity contribution in [3.63, 3.8) is 0 Å². The van der Waals surface area contributed by atoms with Crippen LogP contribution in [0.4, 0.5) is 0 Å². The van der Waals surface area contributed by atoms with Crippen molar-refractivity contribution in [2.45, 2.75) is 145 Å². The van der Waals surface area contributed by atoms with Gasteiger partial charge in [0.1, 0.15) is 11.8 Å². The summed E-state index contributed by atoms with van der Waals surface area (Å²) in [4.78, 5) is 58.5. The molecule has 0 unspecified atom stereocenters. The fourth-order valence-electron chi connectivity index (χ4n) is 4.76. The summed E-state index contributed by atoms with van der Waals surface area (Å²) in [6.45, 7) is 2.03.